The third-order valence-corrected chi connectivity index (χ3v) is 3.25. The highest BCUT2D eigenvalue weighted by atomic mass is 19.1. The van der Waals surface area contributed by atoms with Crippen LogP contribution in [0.25, 0.3) is 10.9 Å². The number of anilines is 1. The SMILES string of the molecule is Cc1ccc(C(=O)Nc2cccc3cccnc23)c(F)c1. The first-order chi connectivity index (χ1) is 10.1. The number of pyridine rings is 1. The van der Waals surface area contributed by atoms with Gasteiger partial charge < -0.3 is 5.32 Å². The number of amides is 1. The molecule has 0 bridgehead atoms. The molecule has 4 heteroatoms. The van der Waals surface area contributed by atoms with Crippen LogP contribution in [0.4, 0.5) is 10.1 Å². The molecule has 0 saturated carbocycles. The van der Waals surface area contributed by atoms with E-state index in [4.69, 9.17) is 0 Å². The smallest absolute Gasteiger partial charge is 0.258 e. The molecule has 0 saturated heterocycles. The van der Waals surface area contributed by atoms with Crippen LogP contribution in [0.1, 0.15) is 15.9 Å². The van der Waals surface area contributed by atoms with Gasteiger partial charge in [-0.05, 0) is 36.8 Å². The summed E-state index contributed by atoms with van der Waals surface area (Å²) in [5, 5.41) is 3.64. The van der Waals surface area contributed by atoms with Crippen LogP contribution >= 0.6 is 0 Å². The molecule has 0 aliphatic rings. The Kier molecular flexibility index (Phi) is 3.36. The number of rotatable bonds is 2. The van der Waals surface area contributed by atoms with Gasteiger partial charge >= 0.3 is 0 Å². The van der Waals surface area contributed by atoms with Gasteiger partial charge in [-0.2, -0.15) is 0 Å². The minimum atomic E-state index is -0.527. The van der Waals surface area contributed by atoms with Gasteiger partial charge in [-0.1, -0.05) is 24.3 Å². The average Bonchev–Trinajstić information content (AvgIpc) is 2.47. The highest BCUT2D eigenvalue weighted by molar-refractivity contribution is 6.08. The van der Waals surface area contributed by atoms with Gasteiger partial charge in [-0.3, -0.25) is 9.78 Å². The number of aromatic nitrogens is 1. The number of fused-ring (bicyclic) bond motifs is 1. The predicted octanol–water partition coefficient (Wildman–Crippen LogP) is 3.93. The quantitative estimate of drug-likeness (QED) is 0.772. The summed E-state index contributed by atoms with van der Waals surface area (Å²) in [6.07, 6.45) is 1.66. The highest BCUT2D eigenvalue weighted by Gasteiger charge is 2.13. The Morgan fingerprint density at radius 3 is 2.76 bits per heavy atom. The van der Waals surface area contributed by atoms with E-state index >= 15 is 0 Å². The van der Waals surface area contributed by atoms with Crippen molar-refractivity contribution in [1.29, 1.82) is 0 Å². The van der Waals surface area contributed by atoms with Crippen LogP contribution in [0.15, 0.2) is 54.7 Å². The van der Waals surface area contributed by atoms with Gasteiger partial charge in [0.15, 0.2) is 0 Å². The number of nitrogens with zero attached hydrogens (tertiary/aromatic N) is 1. The lowest BCUT2D eigenvalue weighted by Gasteiger charge is -2.09. The molecule has 3 aromatic rings. The summed E-state index contributed by atoms with van der Waals surface area (Å²) in [5.74, 6) is -1.01. The zero-order chi connectivity index (χ0) is 14.8. The third-order valence-electron chi connectivity index (χ3n) is 3.25. The van der Waals surface area contributed by atoms with Crippen LogP contribution in [-0.4, -0.2) is 10.9 Å². The molecule has 3 nitrogen and oxygen atoms in total. The molecule has 1 aromatic heterocycles. The summed E-state index contributed by atoms with van der Waals surface area (Å²) < 4.78 is 13.8. The van der Waals surface area contributed by atoms with Crippen molar-refractivity contribution in [3.63, 3.8) is 0 Å². The minimum Gasteiger partial charge on any atom is -0.320 e. The van der Waals surface area contributed by atoms with E-state index < -0.39 is 11.7 Å². The van der Waals surface area contributed by atoms with E-state index in [9.17, 15) is 9.18 Å². The second kappa shape index (κ2) is 5.32. The van der Waals surface area contributed by atoms with Crippen molar-refractivity contribution in [2.45, 2.75) is 6.92 Å². The van der Waals surface area contributed by atoms with Gasteiger partial charge in [0.1, 0.15) is 5.82 Å². The van der Waals surface area contributed by atoms with Crippen molar-refractivity contribution in [1.82, 2.24) is 4.98 Å². The topological polar surface area (TPSA) is 42.0 Å². The molecule has 0 aliphatic carbocycles. The molecule has 0 fully saturated rings. The van der Waals surface area contributed by atoms with Crippen LogP contribution in [0.3, 0.4) is 0 Å². The monoisotopic (exact) mass is 280 g/mol. The van der Waals surface area contributed by atoms with Gasteiger partial charge in [0, 0.05) is 11.6 Å². The van der Waals surface area contributed by atoms with E-state index in [1.807, 2.05) is 24.3 Å². The number of benzene rings is 2. The lowest BCUT2D eigenvalue weighted by atomic mass is 10.1. The normalized spacial score (nSPS) is 10.6. The van der Waals surface area contributed by atoms with Crippen molar-refractivity contribution in [3.05, 3.63) is 71.7 Å². The molecule has 2 aromatic carbocycles. The second-order valence-corrected chi connectivity index (χ2v) is 4.82. The molecule has 104 valence electrons. The molecule has 0 unspecified atom stereocenters. The van der Waals surface area contributed by atoms with Gasteiger partial charge in [-0.15, -0.1) is 0 Å². The fourth-order valence-corrected chi connectivity index (χ4v) is 2.20. The number of hydrogen-bond donors (Lipinski definition) is 1. The Labute approximate surface area is 121 Å². The molecule has 0 aliphatic heterocycles. The standard InChI is InChI=1S/C17H13FN2O/c1-11-7-8-13(14(18)10-11)17(21)20-15-6-2-4-12-5-3-9-19-16(12)15/h2-10H,1H3,(H,20,21). The number of carbonyl (C=O) groups is 1. The number of halogens is 1. The van der Waals surface area contributed by atoms with E-state index in [0.717, 1.165) is 10.9 Å². The highest BCUT2D eigenvalue weighted by Crippen LogP contribution is 2.21. The maximum atomic E-state index is 13.8. The maximum absolute atomic E-state index is 13.8. The summed E-state index contributed by atoms with van der Waals surface area (Å²) in [6, 6.07) is 13.8. The molecule has 0 radical (unpaired) electrons. The van der Waals surface area contributed by atoms with Crippen LogP contribution in [0.5, 0.6) is 0 Å². The van der Waals surface area contributed by atoms with Crippen molar-refractivity contribution in [2.24, 2.45) is 0 Å². The largest absolute Gasteiger partial charge is 0.320 e. The number of aryl methyl sites for hydroxylation is 1. The Morgan fingerprint density at radius 1 is 1.14 bits per heavy atom. The predicted molar refractivity (Wildman–Crippen MR) is 80.8 cm³/mol. The third kappa shape index (κ3) is 2.60. The van der Waals surface area contributed by atoms with Gasteiger partial charge in [0.25, 0.3) is 5.91 Å². The summed E-state index contributed by atoms with van der Waals surface area (Å²) in [5.41, 5.74) is 2.04. The van der Waals surface area contributed by atoms with Crippen molar-refractivity contribution in [3.8, 4) is 0 Å². The van der Waals surface area contributed by atoms with E-state index in [1.165, 1.54) is 12.1 Å². The number of hydrogen-bond acceptors (Lipinski definition) is 2. The number of para-hydroxylation sites is 1. The van der Waals surface area contributed by atoms with Gasteiger partial charge in [0.2, 0.25) is 0 Å². The van der Waals surface area contributed by atoms with Crippen LogP contribution < -0.4 is 5.32 Å². The molecule has 3 rings (SSSR count). The Morgan fingerprint density at radius 2 is 1.95 bits per heavy atom. The Hall–Kier alpha value is -2.75. The van der Waals surface area contributed by atoms with E-state index in [1.54, 1.807) is 25.3 Å². The van der Waals surface area contributed by atoms with Crippen LogP contribution in [0.2, 0.25) is 0 Å². The molecule has 1 amide bonds. The lowest BCUT2D eigenvalue weighted by molar-refractivity contribution is 0.102. The van der Waals surface area contributed by atoms with Crippen LogP contribution in [-0.2, 0) is 0 Å². The zero-order valence-corrected chi connectivity index (χ0v) is 11.4. The number of carbonyl (C=O) groups excluding carboxylic acids is 1. The lowest BCUT2D eigenvalue weighted by Crippen LogP contribution is -2.14. The summed E-state index contributed by atoms with van der Waals surface area (Å²) in [6.45, 7) is 1.78. The first-order valence-corrected chi connectivity index (χ1v) is 6.56. The second-order valence-electron chi connectivity index (χ2n) is 4.82. The molecular formula is C17H13FN2O. The van der Waals surface area contributed by atoms with E-state index in [-0.39, 0.29) is 5.56 Å². The van der Waals surface area contributed by atoms with E-state index in [2.05, 4.69) is 10.3 Å². The molecule has 21 heavy (non-hydrogen) atoms. The minimum absolute atomic E-state index is 0.0218. The van der Waals surface area contributed by atoms with Crippen molar-refractivity contribution < 1.29 is 9.18 Å². The fraction of sp³-hybridized carbons (Fsp3) is 0.0588. The van der Waals surface area contributed by atoms with Gasteiger partial charge in [-0.25, -0.2) is 4.39 Å². The number of nitrogens with one attached hydrogen (secondary N) is 1. The molecule has 1 heterocycles. The van der Waals surface area contributed by atoms with Crippen molar-refractivity contribution in [2.75, 3.05) is 5.32 Å². The fourth-order valence-electron chi connectivity index (χ4n) is 2.20. The molecule has 1 N–H and O–H groups in total. The first kappa shape index (κ1) is 13.2. The first-order valence-electron chi connectivity index (χ1n) is 6.56. The molecular weight excluding hydrogens is 267 g/mol. The molecule has 0 atom stereocenters. The van der Waals surface area contributed by atoms with Gasteiger partial charge in [0.05, 0.1) is 16.8 Å². The van der Waals surface area contributed by atoms with Crippen molar-refractivity contribution >= 4 is 22.5 Å². The Balaban J connectivity index is 1.97. The summed E-state index contributed by atoms with van der Waals surface area (Å²) >= 11 is 0. The Bertz CT molecular complexity index is 825. The summed E-state index contributed by atoms with van der Waals surface area (Å²) in [4.78, 5) is 16.5. The van der Waals surface area contributed by atoms with E-state index in [0.29, 0.717) is 11.2 Å². The molecule has 0 spiro atoms. The summed E-state index contributed by atoms with van der Waals surface area (Å²) in [7, 11) is 0. The zero-order valence-electron chi connectivity index (χ0n) is 11.4. The van der Waals surface area contributed by atoms with Crippen LogP contribution in [0, 0.1) is 12.7 Å². The maximum Gasteiger partial charge on any atom is 0.258 e. The average molecular weight is 280 g/mol.